The smallest absolute Gasteiger partial charge is 0.332 e. The number of hydrogen-bond donors (Lipinski definition) is 0. The maximum atomic E-state index is 11.1. The van der Waals surface area contributed by atoms with Gasteiger partial charge in [-0.1, -0.05) is 12.1 Å². The second-order valence-electron chi connectivity index (χ2n) is 3.17. The molecule has 2 aromatic rings. The minimum Gasteiger partial charge on any atom is -0.457 e. The Bertz CT molecular complexity index is 462. The van der Waals surface area contributed by atoms with Crippen LogP contribution in [0.25, 0.3) is 10.2 Å². The fourth-order valence-corrected chi connectivity index (χ4v) is 2.16. The molecule has 0 atom stereocenters. The van der Waals surface area contributed by atoms with E-state index in [-0.39, 0.29) is 19.2 Å². The molecule has 0 aliphatic carbocycles. The molecule has 0 saturated carbocycles. The average Bonchev–Trinajstić information content (AvgIpc) is 2.69. The molecule has 0 aliphatic rings. The van der Waals surface area contributed by atoms with Gasteiger partial charge in [0.25, 0.3) is 0 Å². The van der Waals surface area contributed by atoms with Gasteiger partial charge in [-0.25, -0.2) is 9.78 Å². The van der Waals surface area contributed by atoms with Gasteiger partial charge in [0.15, 0.2) is 0 Å². The standard InChI is InChI=1S/C11H11NO3S/c1-14-7-11(13)15-6-10-12-8-4-2-3-5-9(8)16-10/h2-5H,6-7H2,1H3. The lowest BCUT2D eigenvalue weighted by Crippen LogP contribution is -2.10. The Labute approximate surface area is 96.8 Å². The van der Waals surface area contributed by atoms with Crippen LogP contribution >= 0.6 is 11.3 Å². The summed E-state index contributed by atoms with van der Waals surface area (Å²) in [6, 6.07) is 7.82. The number of para-hydroxylation sites is 1. The van der Waals surface area contributed by atoms with Gasteiger partial charge in [-0.05, 0) is 12.1 Å². The molecule has 16 heavy (non-hydrogen) atoms. The average molecular weight is 237 g/mol. The van der Waals surface area contributed by atoms with Gasteiger partial charge in [0.1, 0.15) is 18.2 Å². The van der Waals surface area contributed by atoms with E-state index < -0.39 is 0 Å². The Morgan fingerprint density at radius 1 is 1.44 bits per heavy atom. The third-order valence-electron chi connectivity index (χ3n) is 1.96. The zero-order chi connectivity index (χ0) is 11.4. The Morgan fingerprint density at radius 2 is 2.25 bits per heavy atom. The molecule has 0 radical (unpaired) electrons. The highest BCUT2D eigenvalue weighted by Crippen LogP contribution is 2.21. The van der Waals surface area contributed by atoms with Crippen LogP contribution in [0, 0.1) is 0 Å². The van der Waals surface area contributed by atoms with Crippen LogP contribution in [-0.4, -0.2) is 24.7 Å². The first-order valence-corrected chi connectivity index (χ1v) is 5.60. The maximum Gasteiger partial charge on any atom is 0.332 e. The Kier molecular flexibility index (Phi) is 3.48. The lowest BCUT2D eigenvalue weighted by atomic mass is 10.3. The summed E-state index contributed by atoms with van der Waals surface area (Å²) >= 11 is 1.53. The second kappa shape index (κ2) is 5.05. The number of fused-ring (bicyclic) bond motifs is 1. The largest absolute Gasteiger partial charge is 0.457 e. The monoisotopic (exact) mass is 237 g/mol. The molecule has 0 aliphatic heterocycles. The number of benzene rings is 1. The van der Waals surface area contributed by atoms with E-state index in [0.29, 0.717) is 0 Å². The van der Waals surface area contributed by atoms with Crippen molar-refractivity contribution in [1.82, 2.24) is 4.98 Å². The summed E-state index contributed by atoms with van der Waals surface area (Å²) in [7, 11) is 1.46. The van der Waals surface area contributed by atoms with E-state index in [1.807, 2.05) is 24.3 Å². The van der Waals surface area contributed by atoms with Gasteiger partial charge in [-0.15, -0.1) is 11.3 Å². The minimum absolute atomic E-state index is 0.0229. The van der Waals surface area contributed by atoms with E-state index in [2.05, 4.69) is 9.72 Å². The van der Waals surface area contributed by atoms with E-state index in [1.54, 1.807) is 0 Å². The van der Waals surface area contributed by atoms with Crippen molar-refractivity contribution in [3.05, 3.63) is 29.3 Å². The summed E-state index contributed by atoms with van der Waals surface area (Å²) in [5, 5.41) is 0.797. The third-order valence-corrected chi connectivity index (χ3v) is 2.97. The zero-order valence-corrected chi connectivity index (χ0v) is 9.62. The van der Waals surface area contributed by atoms with Gasteiger partial charge in [-0.3, -0.25) is 0 Å². The quantitative estimate of drug-likeness (QED) is 0.763. The summed E-state index contributed by atoms with van der Waals surface area (Å²) in [6.07, 6.45) is 0. The molecule has 0 saturated heterocycles. The number of ether oxygens (including phenoxy) is 2. The molecule has 84 valence electrons. The number of esters is 1. The summed E-state index contributed by atoms with van der Waals surface area (Å²) in [6.45, 7) is 0.187. The summed E-state index contributed by atoms with van der Waals surface area (Å²) in [5.74, 6) is -0.373. The molecule has 0 bridgehead atoms. The summed E-state index contributed by atoms with van der Waals surface area (Å²) in [4.78, 5) is 15.4. The maximum absolute atomic E-state index is 11.1. The first kappa shape index (κ1) is 11.0. The molecule has 2 rings (SSSR count). The first-order valence-electron chi connectivity index (χ1n) is 4.78. The van der Waals surface area contributed by atoms with Crippen LogP contribution in [0.3, 0.4) is 0 Å². The van der Waals surface area contributed by atoms with E-state index >= 15 is 0 Å². The van der Waals surface area contributed by atoms with Crippen LogP contribution in [0.1, 0.15) is 5.01 Å². The van der Waals surface area contributed by atoms with E-state index in [4.69, 9.17) is 4.74 Å². The second-order valence-corrected chi connectivity index (χ2v) is 4.28. The number of aromatic nitrogens is 1. The Hall–Kier alpha value is -1.46. The highest BCUT2D eigenvalue weighted by atomic mass is 32.1. The number of carbonyl (C=O) groups excluding carboxylic acids is 1. The Balaban J connectivity index is 2.02. The molecule has 5 heteroatoms. The minimum atomic E-state index is -0.373. The normalized spacial score (nSPS) is 10.6. The number of methoxy groups -OCH3 is 1. The molecule has 0 unspecified atom stereocenters. The molecule has 0 spiro atoms. The van der Waals surface area contributed by atoms with E-state index in [9.17, 15) is 4.79 Å². The zero-order valence-electron chi connectivity index (χ0n) is 8.80. The van der Waals surface area contributed by atoms with Crippen molar-refractivity contribution in [3.63, 3.8) is 0 Å². The van der Waals surface area contributed by atoms with Gasteiger partial charge in [0.05, 0.1) is 10.2 Å². The van der Waals surface area contributed by atoms with Crippen molar-refractivity contribution >= 4 is 27.5 Å². The van der Waals surface area contributed by atoms with Crippen molar-refractivity contribution in [3.8, 4) is 0 Å². The van der Waals surface area contributed by atoms with Crippen LogP contribution < -0.4 is 0 Å². The fourth-order valence-electron chi connectivity index (χ4n) is 1.28. The fraction of sp³-hybridized carbons (Fsp3) is 0.273. The van der Waals surface area contributed by atoms with Crippen LogP contribution in [0.2, 0.25) is 0 Å². The van der Waals surface area contributed by atoms with Gasteiger partial charge < -0.3 is 9.47 Å². The first-order chi connectivity index (χ1) is 7.79. The molecule has 1 heterocycles. The van der Waals surface area contributed by atoms with Crippen LogP contribution in [0.4, 0.5) is 0 Å². The topological polar surface area (TPSA) is 48.4 Å². The summed E-state index contributed by atoms with van der Waals surface area (Å²) in [5.41, 5.74) is 0.935. The van der Waals surface area contributed by atoms with Crippen molar-refractivity contribution in [2.45, 2.75) is 6.61 Å². The predicted molar refractivity (Wildman–Crippen MR) is 61.3 cm³/mol. The third kappa shape index (κ3) is 2.56. The number of thiazole rings is 1. The van der Waals surface area contributed by atoms with Crippen molar-refractivity contribution in [1.29, 1.82) is 0 Å². The van der Waals surface area contributed by atoms with E-state index in [0.717, 1.165) is 15.2 Å². The van der Waals surface area contributed by atoms with Crippen LogP contribution in [0.15, 0.2) is 24.3 Å². The molecule has 1 aromatic carbocycles. The molecule has 0 amide bonds. The predicted octanol–water partition coefficient (Wildman–Crippen LogP) is 1.99. The van der Waals surface area contributed by atoms with Crippen molar-refractivity contribution < 1.29 is 14.3 Å². The van der Waals surface area contributed by atoms with Crippen LogP contribution in [-0.2, 0) is 20.9 Å². The van der Waals surface area contributed by atoms with Gasteiger partial charge >= 0.3 is 5.97 Å². The number of hydrogen-bond acceptors (Lipinski definition) is 5. The lowest BCUT2D eigenvalue weighted by Gasteiger charge is -2.00. The highest BCUT2D eigenvalue weighted by Gasteiger charge is 2.06. The molecule has 0 N–H and O–H groups in total. The number of rotatable bonds is 4. The molecule has 4 nitrogen and oxygen atoms in total. The lowest BCUT2D eigenvalue weighted by molar-refractivity contribution is -0.149. The molecular formula is C11H11NO3S. The molecule has 1 aromatic heterocycles. The van der Waals surface area contributed by atoms with Crippen molar-refractivity contribution in [2.24, 2.45) is 0 Å². The van der Waals surface area contributed by atoms with Crippen molar-refractivity contribution in [2.75, 3.05) is 13.7 Å². The summed E-state index contributed by atoms with van der Waals surface area (Å²) < 4.78 is 10.7. The molecule has 0 fully saturated rings. The number of carbonyl (C=O) groups is 1. The van der Waals surface area contributed by atoms with Gasteiger partial charge in [0, 0.05) is 7.11 Å². The number of nitrogens with zero attached hydrogens (tertiary/aromatic N) is 1. The highest BCUT2D eigenvalue weighted by molar-refractivity contribution is 7.18. The van der Waals surface area contributed by atoms with Gasteiger partial charge in [-0.2, -0.15) is 0 Å². The molecular weight excluding hydrogens is 226 g/mol. The SMILES string of the molecule is COCC(=O)OCc1nc2ccccc2s1. The van der Waals surface area contributed by atoms with E-state index in [1.165, 1.54) is 18.4 Å². The van der Waals surface area contributed by atoms with Gasteiger partial charge in [0.2, 0.25) is 0 Å². The van der Waals surface area contributed by atoms with Crippen LogP contribution in [0.5, 0.6) is 0 Å². The Morgan fingerprint density at radius 3 is 3.00 bits per heavy atom.